The first-order valence-corrected chi connectivity index (χ1v) is 10.8. The zero-order valence-electron chi connectivity index (χ0n) is 17.3. The van der Waals surface area contributed by atoms with Crippen LogP contribution in [0.15, 0.2) is 64.4 Å². The Bertz CT molecular complexity index is 1370. The number of nitrogens with zero attached hydrogens (tertiary/aromatic N) is 4. The molecule has 0 unspecified atom stereocenters. The average molecular weight is 457 g/mol. The third kappa shape index (κ3) is 4.18. The van der Waals surface area contributed by atoms with Gasteiger partial charge in [-0.2, -0.15) is 0 Å². The topological polar surface area (TPSA) is 61.8 Å². The van der Waals surface area contributed by atoms with E-state index in [1.54, 1.807) is 41.2 Å². The van der Waals surface area contributed by atoms with Gasteiger partial charge in [0.1, 0.15) is 0 Å². The van der Waals surface area contributed by atoms with Gasteiger partial charge in [-0.3, -0.25) is 9.36 Å². The van der Waals surface area contributed by atoms with Crippen LogP contribution in [0.3, 0.4) is 0 Å². The van der Waals surface area contributed by atoms with Crippen molar-refractivity contribution in [1.29, 1.82) is 0 Å². The van der Waals surface area contributed by atoms with Crippen LogP contribution in [0.5, 0.6) is 0 Å². The molecular weight excluding hydrogens is 435 g/mol. The fourth-order valence-electron chi connectivity index (χ4n) is 3.54. The third-order valence-corrected chi connectivity index (χ3v) is 5.80. The number of halogens is 2. The van der Waals surface area contributed by atoms with E-state index < -0.39 is 5.69 Å². The van der Waals surface area contributed by atoms with E-state index >= 15 is 0 Å². The summed E-state index contributed by atoms with van der Waals surface area (Å²) < 4.78 is 4.48. The number of hydrogen-bond donors (Lipinski definition) is 0. The van der Waals surface area contributed by atoms with Gasteiger partial charge in [0, 0.05) is 16.6 Å². The van der Waals surface area contributed by atoms with Gasteiger partial charge >= 0.3 is 5.69 Å². The monoisotopic (exact) mass is 456 g/mol. The number of fused-ring (bicyclic) bond motifs is 1. The molecule has 8 heteroatoms. The van der Waals surface area contributed by atoms with Gasteiger partial charge in [-0.1, -0.05) is 61.3 Å². The molecule has 160 valence electrons. The largest absolute Gasteiger partial charge is 0.337 e. The summed E-state index contributed by atoms with van der Waals surface area (Å²) in [6.45, 7) is 4.80. The lowest BCUT2D eigenvalue weighted by atomic mass is 10.1. The summed E-state index contributed by atoms with van der Waals surface area (Å²) in [5, 5.41) is 1.10. The molecule has 0 spiro atoms. The van der Waals surface area contributed by atoms with Crippen molar-refractivity contribution in [2.75, 3.05) is 0 Å². The zero-order valence-corrected chi connectivity index (χ0v) is 18.8. The minimum Gasteiger partial charge on any atom is -0.320 e. The van der Waals surface area contributed by atoms with E-state index in [2.05, 4.69) is 18.8 Å². The lowest BCUT2D eigenvalue weighted by Gasteiger charge is -2.14. The van der Waals surface area contributed by atoms with Crippen LogP contribution >= 0.6 is 23.2 Å². The highest BCUT2D eigenvalue weighted by Gasteiger charge is 2.20. The summed E-state index contributed by atoms with van der Waals surface area (Å²) in [5.74, 6) is 0.342. The molecule has 4 aromatic rings. The Kier molecular flexibility index (Phi) is 6.03. The van der Waals surface area contributed by atoms with Gasteiger partial charge in [0.2, 0.25) is 0 Å². The van der Waals surface area contributed by atoms with Crippen molar-refractivity contribution >= 4 is 34.4 Å². The minimum atomic E-state index is -0.427. The normalized spacial score (nSPS) is 11.5. The zero-order chi connectivity index (χ0) is 22.1. The van der Waals surface area contributed by atoms with Gasteiger partial charge in [0.05, 0.1) is 18.6 Å². The van der Waals surface area contributed by atoms with Crippen molar-refractivity contribution in [3.05, 3.63) is 91.3 Å². The molecule has 4 rings (SSSR count). The fourth-order valence-corrected chi connectivity index (χ4v) is 3.92. The molecule has 0 aliphatic carbocycles. The van der Waals surface area contributed by atoms with E-state index in [-0.39, 0.29) is 5.56 Å². The molecular formula is C23H22Cl2N4O2. The second-order valence-electron chi connectivity index (χ2n) is 7.87. The van der Waals surface area contributed by atoms with Crippen molar-refractivity contribution in [3.63, 3.8) is 0 Å². The molecule has 2 aromatic carbocycles. The average Bonchev–Trinajstić information content (AvgIpc) is 3.13. The molecule has 0 atom stereocenters. The van der Waals surface area contributed by atoms with E-state index in [9.17, 15) is 9.59 Å². The first-order valence-electron chi connectivity index (χ1n) is 10.1. The molecule has 0 bridgehead atoms. The maximum Gasteiger partial charge on any atom is 0.337 e. The summed E-state index contributed by atoms with van der Waals surface area (Å²) in [7, 11) is 0. The van der Waals surface area contributed by atoms with Gasteiger partial charge in [0.15, 0.2) is 11.2 Å². The molecule has 0 saturated carbocycles. The molecule has 6 nitrogen and oxygen atoms in total. The summed E-state index contributed by atoms with van der Waals surface area (Å²) in [5.41, 5.74) is 1.28. The van der Waals surface area contributed by atoms with Crippen LogP contribution in [-0.2, 0) is 13.1 Å². The summed E-state index contributed by atoms with van der Waals surface area (Å²) in [6, 6.07) is 14.4. The second-order valence-corrected chi connectivity index (χ2v) is 8.72. The summed E-state index contributed by atoms with van der Waals surface area (Å²) >= 11 is 12.5. The van der Waals surface area contributed by atoms with Crippen LogP contribution in [0.1, 0.15) is 25.8 Å². The van der Waals surface area contributed by atoms with E-state index in [0.29, 0.717) is 52.3 Å². The molecule has 2 aromatic heterocycles. The van der Waals surface area contributed by atoms with E-state index in [4.69, 9.17) is 23.2 Å². The Balaban J connectivity index is 1.98. The molecule has 0 N–H and O–H groups in total. The third-order valence-electron chi connectivity index (χ3n) is 5.20. The van der Waals surface area contributed by atoms with Gasteiger partial charge in [-0.25, -0.2) is 14.3 Å². The Hall–Kier alpha value is -2.83. The molecule has 2 heterocycles. The molecule has 0 amide bonds. The van der Waals surface area contributed by atoms with Crippen molar-refractivity contribution in [2.24, 2.45) is 5.92 Å². The number of benzene rings is 2. The predicted molar refractivity (Wildman–Crippen MR) is 125 cm³/mol. The van der Waals surface area contributed by atoms with Gasteiger partial charge in [-0.05, 0) is 42.2 Å². The fraction of sp³-hybridized carbons (Fsp3) is 0.261. The van der Waals surface area contributed by atoms with E-state index in [1.165, 1.54) is 9.13 Å². The van der Waals surface area contributed by atoms with Crippen LogP contribution in [0.25, 0.3) is 16.9 Å². The number of hydrogen-bond acceptors (Lipinski definition) is 3. The SMILES string of the molecule is CC(C)CCn1c(=O)c2c(ncn2Cc2ccccc2Cl)n(-c2cccc(Cl)c2)c1=O. The van der Waals surface area contributed by atoms with Crippen LogP contribution in [0.2, 0.25) is 10.0 Å². The maximum absolute atomic E-state index is 13.4. The van der Waals surface area contributed by atoms with Gasteiger partial charge < -0.3 is 4.57 Å². The number of aromatic nitrogens is 4. The summed E-state index contributed by atoms with van der Waals surface area (Å²) in [6.07, 6.45) is 2.28. The molecule has 0 fully saturated rings. The Morgan fingerprint density at radius 3 is 2.52 bits per heavy atom. The molecule has 0 radical (unpaired) electrons. The molecule has 31 heavy (non-hydrogen) atoms. The number of imidazole rings is 1. The van der Waals surface area contributed by atoms with Crippen LogP contribution in [-0.4, -0.2) is 18.7 Å². The highest BCUT2D eigenvalue weighted by molar-refractivity contribution is 6.31. The van der Waals surface area contributed by atoms with Gasteiger partial charge in [0.25, 0.3) is 5.56 Å². The Morgan fingerprint density at radius 1 is 1.03 bits per heavy atom. The highest BCUT2D eigenvalue weighted by Crippen LogP contribution is 2.20. The quantitative estimate of drug-likeness (QED) is 0.420. The minimum absolute atomic E-state index is 0.296. The smallest absolute Gasteiger partial charge is 0.320 e. The Morgan fingerprint density at radius 2 is 1.81 bits per heavy atom. The van der Waals surface area contributed by atoms with Crippen LogP contribution in [0, 0.1) is 5.92 Å². The predicted octanol–water partition coefficient (Wildman–Crippen LogP) is 4.75. The molecule has 0 saturated heterocycles. The van der Waals surface area contributed by atoms with Crippen molar-refractivity contribution < 1.29 is 0 Å². The highest BCUT2D eigenvalue weighted by atomic mass is 35.5. The van der Waals surface area contributed by atoms with Crippen molar-refractivity contribution in [2.45, 2.75) is 33.4 Å². The first-order chi connectivity index (χ1) is 14.9. The summed E-state index contributed by atoms with van der Waals surface area (Å²) in [4.78, 5) is 31.2. The molecule has 0 aliphatic rings. The van der Waals surface area contributed by atoms with E-state index in [1.807, 2.05) is 18.2 Å². The van der Waals surface area contributed by atoms with Crippen molar-refractivity contribution in [1.82, 2.24) is 18.7 Å². The van der Waals surface area contributed by atoms with Crippen molar-refractivity contribution in [3.8, 4) is 5.69 Å². The lowest BCUT2D eigenvalue weighted by molar-refractivity contribution is 0.491. The van der Waals surface area contributed by atoms with Crippen LogP contribution in [0.4, 0.5) is 0 Å². The molecule has 0 aliphatic heterocycles. The van der Waals surface area contributed by atoms with E-state index in [0.717, 1.165) is 5.56 Å². The van der Waals surface area contributed by atoms with Gasteiger partial charge in [-0.15, -0.1) is 0 Å². The number of rotatable bonds is 6. The first kappa shape index (κ1) is 21.4. The van der Waals surface area contributed by atoms with Crippen LogP contribution < -0.4 is 11.2 Å². The lowest BCUT2D eigenvalue weighted by Crippen LogP contribution is -2.40. The maximum atomic E-state index is 13.4. The second kappa shape index (κ2) is 8.73. The Labute approximate surface area is 189 Å². The standard InChI is InChI=1S/C23H22Cl2N4O2/c1-15(2)10-11-28-22(30)20-21(29(23(28)31)18-8-5-7-17(24)12-18)26-14-27(20)13-16-6-3-4-9-19(16)25/h3-9,12,14-15H,10-11,13H2,1-2H3.